The van der Waals surface area contributed by atoms with Gasteiger partial charge >= 0.3 is 0 Å². The summed E-state index contributed by atoms with van der Waals surface area (Å²) in [6, 6.07) is 68.1. The number of anilines is 3. The summed E-state index contributed by atoms with van der Waals surface area (Å²) < 4.78 is 2.63. The lowest BCUT2D eigenvalue weighted by Gasteiger charge is -2.28. The van der Waals surface area contributed by atoms with E-state index in [1.165, 1.54) is 64.3 Å². The van der Waals surface area contributed by atoms with Crippen molar-refractivity contribution in [2.45, 2.75) is 0 Å². The summed E-state index contributed by atoms with van der Waals surface area (Å²) in [7, 11) is 0. The van der Waals surface area contributed by atoms with Gasteiger partial charge in [0.1, 0.15) is 0 Å². The van der Waals surface area contributed by atoms with E-state index in [0.29, 0.717) is 0 Å². The highest BCUT2D eigenvalue weighted by Gasteiger charge is 2.20. The summed E-state index contributed by atoms with van der Waals surface area (Å²) in [6.07, 6.45) is 0. The Kier molecular flexibility index (Phi) is 7.07. The maximum Gasteiger partial charge on any atom is 0.0540 e. The van der Waals surface area contributed by atoms with Crippen molar-refractivity contribution in [1.82, 2.24) is 0 Å². The zero-order chi connectivity index (χ0) is 31.9. The van der Waals surface area contributed by atoms with Crippen LogP contribution in [0.4, 0.5) is 17.1 Å². The highest BCUT2D eigenvalue weighted by Crippen LogP contribution is 2.46. The molecule has 1 nitrogen and oxygen atoms in total. The summed E-state index contributed by atoms with van der Waals surface area (Å²) in [5, 5.41) is 5.12. The van der Waals surface area contributed by atoms with Crippen molar-refractivity contribution in [3.8, 4) is 33.4 Å². The number of fused-ring (bicyclic) bond motifs is 4. The molecule has 9 rings (SSSR count). The van der Waals surface area contributed by atoms with Gasteiger partial charge in [0.05, 0.1) is 5.69 Å². The van der Waals surface area contributed by atoms with Crippen LogP contribution < -0.4 is 4.90 Å². The highest BCUT2D eigenvalue weighted by molar-refractivity contribution is 7.26. The first-order valence-corrected chi connectivity index (χ1v) is 17.2. The largest absolute Gasteiger partial charge is 0.310 e. The van der Waals surface area contributed by atoms with Crippen molar-refractivity contribution in [3.05, 3.63) is 188 Å². The van der Waals surface area contributed by atoms with Crippen molar-refractivity contribution in [3.63, 3.8) is 0 Å². The predicted molar refractivity (Wildman–Crippen MR) is 208 cm³/mol. The first-order valence-electron chi connectivity index (χ1n) is 16.4. The van der Waals surface area contributed by atoms with E-state index < -0.39 is 0 Å². The average Bonchev–Trinajstić information content (AvgIpc) is 3.55. The highest BCUT2D eigenvalue weighted by atomic mass is 32.1. The van der Waals surface area contributed by atoms with Crippen molar-refractivity contribution in [2.75, 3.05) is 4.90 Å². The molecule has 0 saturated carbocycles. The Morgan fingerprint density at radius 3 is 1.85 bits per heavy atom. The minimum Gasteiger partial charge on any atom is -0.310 e. The Hall–Kier alpha value is -5.96. The summed E-state index contributed by atoms with van der Waals surface area (Å²) in [5.41, 5.74) is 10.7. The standard InChI is InChI=1S/C46H31NS/c1-2-13-32(14-3-1)33-27-29-36(30-28-33)47(37-18-10-17-35(31-37)39-22-11-16-34-15-4-5-19-38(34)39)44-25-8-6-20-40(44)42-23-12-24-43-41-21-7-9-26-45(41)48-46(42)43/h1-31H. The van der Waals surface area contributed by atoms with E-state index in [0.717, 1.165) is 17.1 Å². The molecule has 226 valence electrons. The molecule has 2 heteroatoms. The van der Waals surface area contributed by atoms with Crippen LogP contribution >= 0.6 is 11.3 Å². The van der Waals surface area contributed by atoms with Gasteiger partial charge in [-0.2, -0.15) is 0 Å². The van der Waals surface area contributed by atoms with Crippen molar-refractivity contribution >= 4 is 59.3 Å². The van der Waals surface area contributed by atoms with Gasteiger partial charge in [-0.05, 0) is 69.4 Å². The van der Waals surface area contributed by atoms with Crippen LogP contribution in [0.1, 0.15) is 0 Å². The predicted octanol–water partition coefficient (Wildman–Crippen LogP) is 13.7. The second-order valence-electron chi connectivity index (χ2n) is 12.1. The van der Waals surface area contributed by atoms with E-state index in [9.17, 15) is 0 Å². The van der Waals surface area contributed by atoms with Crippen LogP contribution in [0.25, 0.3) is 64.3 Å². The van der Waals surface area contributed by atoms with Gasteiger partial charge in [0.2, 0.25) is 0 Å². The van der Waals surface area contributed by atoms with Crippen LogP contribution in [-0.4, -0.2) is 0 Å². The Labute approximate surface area is 284 Å². The first kappa shape index (κ1) is 28.3. The van der Waals surface area contributed by atoms with E-state index in [1.54, 1.807) is 0 Å². The fourth-order valence-corrected chi connectivity index (χ4v) is 8.24. The first-order chi connectivity index (χ1) is 23.8. The Bertz CT molecular complexity index is 2560. The summed E-state index contributed by atoms with van der Waals surface area (Å²) in [4.78, 5) is 2.42. The normalized spacial score (nSPS) is 11.3. The van der Waals surface area contributed by atoms with Gasteiger partial charge in [-0.25, -0.2) is 0 Å². The molecule has 48 heavy (non-hydrogen) atoms. The van der Waals surface area contributed by atoms with Gasteiger partial charge in [0.15, 0.2) is 0 Å². The third kappa shape index (κ3) is 4.95. The minimum absolute atomic E-state index is 1.11. The second kappa shape index (κ2) is 12.0. The molecule has 1 aromatic heterocycles. The molecule has 0 N–H and O–H groups in total. The number of nitrogens with zero attached hydrogens (tertiary/aromatic N) is 1. The van der Waals surface area contributed by atoms with Gasteiger partial charge in [0, 0.05) is 42.7 Å². The van der Waals surface area contributed by atoms with Gasteiger partial charge < -0.3 is 4.90 Å². The zero-order valence-corrected chi connectivity index (χ0v) is 27.1. The smallest absolute Gasteiger partial charge is 0.0540 e. The van der Waals surface area contributed by atoms with E-state index >= 15 is 0 Å². The number of hydrogen-bond acceptors (Lipinski definition) is 2. The quantitative estimate of drug-likeness (QED) is 0.177. The van der Waals surface area contributed by atoms with E-state index in [2.05, 4.69) is 193 Å². The van der Waals surface area contributed by atoms with Crippen LogP contribution in [0.2, 0.25) is 0 Å². The molecule has 0 radical (unpaired) electrons. The van der Waals surface area contributed by atoms with Crippen LogP contribution in [0.15, 0.2) is 188 Å². The summed E-state index contributed by atoms with van der Waals surface area (Å²) in [6.45, 7) is 0. The molecule has 0 aliphatic heterocycles. The molecule has 0 aliphatic rings. The minimum atomic E-state index is 1.11. The van der Waals surface area contributed by atoms with Gasteiger partial charge in [0.25, 0.3) is 0 Å². The Morgan fingerprint density at radius 1 is 0.354 bits per heavy atom. The molecule has 8 aromatic carbocycles. The number of hydrogen-bond donors (Lipinski definition) is 0. The number of thiophene rings is 1. The van der Waals surface area contributed by atoms with Crippen LogP contribution in [0, 0.1) is 0 Å². The van der Waals surface area contributed by atoms with Crippen LogP contribution in [0.5, 0.6) is 0 Å². The topological polar surface area (TPSA) is 3.24 Å². The number of rotatable bonds is 6. The van der Waals surface area contributed by atoms with Crippen molar-refractivity contribution in [1.29, 1.82) is 0 Å². The number of benzene rings is 8. The van der Waals surface area contributed by atoms with Crippen LogP contribution in [-0.2, 0) is 0 Å². The van der Waals surface area contributed by atoms with Crippen molar-refractivity contribution in [2.24, 2.45) is 0 Å². The molecule has 9 aromatic rings. The molecular formula is C46H31NS. The molecule has 0 amide bonds. The van der Waals surface area contributed by atoms with Gasteiger partial charge in [-0.1, -0.05) is 152 Å². The number of para-hydroxylation sites is 1. The monoisotopic (exact) mass is 629 g/mol. The molecule has 0 atom stereocenters. The fraction of sp³-hybridized carbons (Fsp3) is 0. The lowest BCUT2D eigenvalue weighted by Crippen LogP contribution is -2.11. The van der Waals surface area contributed by atoms with Gasteiger partial charge in [-0.15, -0.1) is 11.3 Å². The lowest BCUT2D eigenvalue weighted by molar-refractivity contribution is 1.28. The van der Waals surface area contributed by atoms with Crippen molar-refractivity contribution < 1.29 is 0 Å². The molecule has 0 spiro atoms. The Balaban J connectivity index is 1.25. The molecule has 0 saturated heterocycles. The maximum absolute atomic E-state index is 2.42. The van der Waals surface area contributed by atoms with E-state index in [1.807, 2.05) is 11.3 Å². The second-order valence-corrected chi connectivity index (χ2v) is 13.2. The fourth-order valence-electron chi connectivity index (χ4n) is 7.01. The zero-order valence-electron chi connectivity index (χ0n) is 26.3. The molecular weight excluding hydrogens is 599 g/mol. The summed E-state index contributed by atoms with van der Waals surface area (Å²) in [5.74, 6) is 0. The third-order valence-corrected chi connectivity index (χ3v) is 10.5. The summed E-state index contributed by atoms with van der Waals surface area (Å²) >= 11 is 1.88. The third-order valence-electron chi connectivity index (χ3n) is 9.28. The van der Waals surface area contributed by atoms with E-state index in [4.69, 9.17) is 0 Å². The molecule has 1 heterocycles. The molecule has 0 aliphatic carbocycles. The van der Waals surface area contributed by atoms with E-state index in [-0.39, 0.29) is 0 Å². The molecule has 0 unspecified atom stereocenters. The lowest BCUT2D eigenvalue weighted by atomic mass is 9.97. The van der Waals surface area contributed by atoms with Crippen LogP contribution in [0.3, 0.4) is 0 Å². The molecule has 0 fully saturated rings. The SMILES string of the molecule is c1ccc(-c2ccc(N(c3cccc(-c4cccc5ccccc45)c3)c3ccccc3-c3cccc4c3sc3ccccc34)cc2)cc1. The molecule has 0 bridgehead atoms. The Morgan fingerprint density at radius 2 is 0.958 bits per heavy atom. The maximum atomic E-state index is 2.42. The van der Waals surface area contributed by atoms with Gasteiger partial charge in [-0.3, -0.25) is 0 Å². The average molecular weight is 630 g/mol.